The molecule has 1 saturated carbocycles. The van der Waals surface area contributed by atoms with Crippen LogP contribution in [0.2, 0.25) is 10.0 Å². The molecule has 0 radical (unpaired) electrons. The fraction of sp³-hybridized carbons (Fsp3) is 0.423. The second-order valence-electron chi connectivity index (χ2n) is 9.52. The number of aromatic nitrogens is 2. The molecule has 5 rings (SSSR count). The smallest absolute Gasteiger partial charge is 0.247 e. The number of benzene rings is 2. The minimum Gasteiger partial charge on any atom is -0.421 e. The molecule has 0 unspecified atom stereocenters. The lowest BCUT2D eigenvalue weighted by atomic mass is 9.56. The van der Waals surface area contributed by atoms with E-state index in [0.717, 1.165) is 24.0 Å². The van der Waals surface area contributed by atoms with Gasteiger partial charge in [-0.2, -0.15) is 0 Å². The molecule has 3 aromatic rings. The first kappa shape index (κ1) is 22.4. The molecule has 0 spiro atoms. The first-order valence-electron chi connectivity index (χ1n) is 11.5. The second-order valence-corrected chi connectivity index (χ2v) is 10.4. The number of aryl methyl sites for hydroxylation is 1. The largest absolute Gasteiger partial charge is 0.421 e. The van der Waals surface area contributed by atoms with Crippen molar-refractivity contribution in [3.63, 3.8) is 0 Å². The van der Waals surface area contributed by atoms with Gasteiger partial charge in [-0.3, -0.25) is 4.79 Å². The third-order valence-corrected chi connectivity index (χ3v) is 8.20. The average molecular weight is 484 g/mol. The lowest BCUT2D eigenvalue weighted by molar-refractivity contribution is -0.129. The molecule has 1 amide bonds. The zero-order chi connectivity index (χ0) is 23.3. The van der Waals surface area contributed by atoms with Crippen molar-refractivity contribution in [1.82, 2.24) is 15.5 Å². The van der Waals surface area contributed by atoms with Crippen molar-refractivity contribution in [1.29, 1.82) is 0 Å². The van der Waals surface area contributed by atoms with Crippen LogP contribution in [0.3, 0.4) is 0 Å². The molecule has 5 nitrogen and oxygen atoms in total. The highest BCUT2D eigenvalue weighted by atomic mass is 35.5. The Labute approximate surface area is 203 Å². The molecule has 7 heteroatoms. The number of carbonyl (C=O) groups excluding carboxylic acids is 1. The van der Waals surface area contributed by atoms with Gasteiger partial charge in [-0.05, 0) is 67.0 Å². The fourth-order valence-electron chi connectivity index (χ4n) is 5.98. The third-order valence-electron chi connectivity index (χ3n) is 7.62. The molecule has 33 heavy (non-hydrogen) atoms. The molecule has 1 aromatic heterocycles. The summed E-state index contributed by atoms with van der Waals surface area (Å²) in [5, 5.41) is 12.8. The molecule has 2 aromatic carbocycles. The van der Waals surface area contributed by atoms with Crippen LogP contribution in [-0.4, -0.2) is 22.1 Å². The van der Waals surface area contributed by atoms with Crippen LogP contribution in [0.4, 0.5) is 0 Å². The van der Waals surface area contributed by atoms with E-state index in [2.05, 4.69) is 47.6 Å². The summed E-state index contributed by atoms with van der Waals surface area (Å²) in [6.07, 6.45) is 2.39. The van der Waals surface area contributed by atoms with Crippen LogP contribution in [0.15, 0.2) is 46.9 Å². The Balaban J connectivity index is 1.57. The molecule has 2 fully saturated rings. The molecular formula is C26H27Cl2N3O2. The Morgan fingerprint density at radius 1 is 1.15 bits per heavy atom. The summed E-state index contributed by atoms with van der Waals surface area (Å²) in [4.78, 5) is 12.9. The van der Waals surface area contributed by atoms with Gasteiger partial charge in [-0.25, -0.2) is 0 Å². The summed E-state index contributed by atoms with van der Waals surface area (Å²) in [7, 11) is 0. The van der Waals surface area contributed by atoms with E-state index in [1.165, 1.54) is 5.56 Å². The SMILES string of the molecule is CCc1nnc(-c2ccc([C@@H]3CC[C@@]4(C)C(=O)N[C@H](C)[C@H]4[C@H]3c3ccc(Cl)cc3)c(Cl)c2)o1. The van der Waals surface area contributed by atoms with Gasteiger partial charge in [0.2, 0.25) is 17.7 Å². The van der Waals surface area contributed by atoms with Crippen molar-refractivity contribution in [2.75, 3.05) is 0 Å². The number of rotatable bonds is 4. The van der Waals surface area contributed by atoms with Crippen molar-refractivity contribution in [2.45, 2.75) is 57.9 Å². The predicted octanol–water partition coefficient (Wildman–Crippen LogP) is 6.41. The average Bonchev–Trinajstić information content (AvgIpc) is 3.37. The minimum absolute atomic E-state index is 0.0786. The van der Waals surface area contributed by atoms with E-state index in [1.54, 1.807) is 0 Å². The van der Waals surface area contributed by atoms with E-state index in [4.69, 9.17) is 27.6 Å². The summed E-state index contributed by atoms with van der Waals surface area (Å²) < 4.78 is 5.72. The maximum atomic E-state index is 12.9. The van der Waals surface area contributed by atoms with Crippen LogP contribution >= 0.6 is 23.2 Å². The van der Waals surface area contributed by atoms with E-state index < -0.39 is 5.41 Å². The minimum atomic E-state index is -0.396. The van der Waals surface area contributed by atoms with Crippen LogP contribution in [0, 0.1) is 11.3 Å². The van der Waals surface area contributed by atoms with Gasteiger partial charge < -0.3 is 9.73 Å². The van der Waals surface area contributed by atoms with Gasteiger partial charge in [0.25, 0.3) is 0 Å². The number of hydrogen-bond acceptors (Lipinski definition) is 4. The van der Waals surface area contributed by atoms with Gasteiger partial charge in [0, 0.05) is 34.0 Å². The summed E-state index contributed by atoms with van der Waals surface area (Å²) in [6, 6.07) is 14.1. The van der Waals surface area contributed by atoms with E-state index in [0.29, 0.717) is 28.2 Å². The van der Waals surface area contributed by atoms with Crippen molar-refractivity contribution >= 4 is 29.1 Å². The van der Waals surface area contributed by atoms with Crippen molar-refractivity contribution in [3.8, 4) is 11.5 Å². The van der Waals surface area contributed by atoms with Gasteiger partial charge in [-0.15, -0.1) is 10.2 Å². The van der Waals surface area contributed by atoms with Gasteiger partial charge in [-0.1, -0.05) is 55.2 Å². The molecule has 1 aliphatic carbocycles. The Bertz CT molecular complexity index is 1190. The van der Waals surface area contributed by atoms with Crippen molar-refractivity contribution < 1.29 is 9.21 Å². The highest BCUT2D eigenvalue weighted by Crippen LogP contribution is 2.59. The Morgan fingerprint density at radius 3 is 2.58 bits per heavy atom. The van der Waals surface area contributed by atoms with Crippen molar-refractivity contribution in [3.05, 3.63) is 69.5 Å². The Kier molecular flexibility index (Phi) is 5.74. The maximum Gasteiger partial charge on any atom is 0.247 e. The van der Waals surface area contributed by atoms with Crippen molar-refractivity contribution in [2.24, 2.45) is 11.3 Å². The standard InChI is InChI=1S/C26H27Cl2N3O2/c1-4-21-30-31-24(33-21)16-7-10-18(20(28)13-16)19-11-12-26(3)23(14(2)29-25(26)32)22(19)15-5-8-17(27)9-6-15/h5-10,13-14,19,22-23H,4,11-12H2,1-3H3,(H,29,32)/t14-,19+,22+,23+,26-/m1/s1. The van der Waals surface area contributed by atoms with E-state index in [-0.39, 0.29) is 29.7 Å². The van der Waals surface area contributed by atoms with Gasteiger partial charge in [0.05, 0.1) is 5.41 Å². The van der Waals surface area contributed by atoms with Crippen LogP contribution in [-0.2, 0) is 11.2 Å². The zero-order valence-corrected chi connectivity index (χ0v) is 20.5. The molecule has 2 heterocycles. The molecule has 172 valence electrons. The molecule has 5 atom stereocenters. The summed E-state index contributed by atoms with van der Waals surface area (Å²) in [6.45, 7) is 6.21. The van der Waals surface area contributed by atoms with E-state index in [9.17, 15) is 4.79 Å². The van der Waals surface area contributed by atoms with Gasteiger partial charge in [0.1, 0.15) is 0 Å². The highest BCUT2D eigenvalue weighted by molar-refractivity contribution is 6.31. The first-order valence-corrected chi connectivity index (χ1v) is 12.3. The fourth-order valence-corrected chi connectivity index (χ4v) is 6.43. The van der Waals surface area contributed by atoms with Gasteiger partial charge in [0.15, 0.2) is 0 Å². The maximum absolute atomic E-state index is 12.9. The number of nitrogens with zero attached hydrogens (tertiary/aromatic N) is 2. The number of nitrogens with one attached hydrogen (secondary N) is 1. The van der Waals surface area contributed by atoms with Crippen LogP contribution in [0.5, 0.6) is 0 Å². The Morgan fingerprint density at radius 2 is 1.91 bits per heavy atom. The predicted molar refractivity (Wildman–Crippen MR) is 129 cm³/mol. The lowest BCUT2D eigenvalue weighted by Crippen LogP contribution is -2.42. The normalized spacial score (nSPS) is 29.1. The molecule has 1 N–H and O–H groups in total. The van der Waals surface area contributed by atoms with E-state index >= 15 is 0 Å². The molecule has 1 saturated heterocycles. The summed E-state index contributed by atoms with van der Waals surface area (Å²) >= 11 is 13.1. The summed E-state index contributed by atoms with van der Waals surface area (Å²) in [5.41, 5.74) is 2.69. The highest BCUT2D eigenvalue weighted by Gasteiger charge is 2.57. The Hall–Kier alpha value is -2.37. The molecular weight excluding hydrogens is 457 g/mol. The number of hydrogen-bond donors (Lipinski definition) is 1. The zero-order valence-electron chi connectivity index (χ0n) is 18.9. The number of halogens is 2. The monoisotopic (exact) mass is 483 g/mol. The van der Waals surface area contributed by atoms with Crippen LogP contribution in [0.1, 0.15) is 62.5 Å². The topological polar surface area (TPSA) is 68.0 Å². The number of carbonyl (C=O) groups is 1. The molecule has 1 aliphatic heterocycles. The number of fused-ring (bicyclic) bond motifs is 1. The van der Waals surface area contributed by atoms with E-state index in [1.807, 2.05) is 31.2 Å². The number of amides is 1. The lowest BCUT2D eigenvalue weighted by Gasteiger charge is -2.46. The van der Waals surface area contributed by atoms with Crippen LogP contribution in [0.25, 0.3) is 11.5 Å². The third kappa shape index (κ3) is 3.75. The summed E-state index contributed by atoms with van der Waals surface area (Å²) in [5.74, 6) is 1.70. The quantitative estimate of drug-likeness (QED) is 0.465. The molecule has 0 bridgehead atoms. The molecule has 2 aliphatic rings. The van der Waals surface area contributed by atoms with Gasteiger partial charge >= 0.3 is 0 Å². The first-order chi connectivity index (χ1) is 15.8. The second kappa shape index (κ2) is 8.44. The van der Waals surface area contributed by atoms with Crippen LogP contribution < -0.4 is 5.32 Å².